The number of fused-ring (bicyclic) bond motifs is 1. The molecule has 3 N–H and O–H groups in total. The molecule has 0 amide bonds. The fraction of sp³-hybridized carbons (Fsp3) is 0.615. The van der Waals surface area contributed by atoms with Crippen LogP contribution in [-0.2, 0) is 10.0 Å². The summed E-state index contributed by atoms with van der Waals surface area (Å²) in [5.41, 5.74) is 6.04. The zero-order chi connectivity index (χ0) is 15.6. The minimum absolute atomic E-state index is 0.0370. The Balaban J connectivity index is 1.86. The van der Waals surface area contributed by atoms with Crippen molar-refractivity contribution in [3.8, 4) is 0 Å². The number of sulfonamides is 1. The van der Waals surface area contributed by atoms with Gasteiger partial charge in [-0.2, -0.15) is 0 Å². The predicted molar refractivity (Wildman–Crippen MR) is 83.7 cm³/mol. The normalized spacial score (nSPS) is 21.0. The highest BCUT2D eigenvalue weighted by Crippen LogP contribution is 2.67. The van der Waals surface area contributed by atoms with Gasteiger partial charge >= 0.3 is 0 Å². The van der Waals surface area contributed by atoms with Gasteiger partial charge in [0.2, 0.25) is 0 Å². The Hall–Kier alpha value is -1.12. The van der Waals surface area contributed by atoms with Gasteiger partial charge in [-0.15, -0.1) is 11.3 Å². The minimum Gasteiger partial charge on any atom is -0.381 e. The van der Waals surface area contributed by atoms with Crippen molar-refractivity contribution >= 4 is 32.1 Å². The lowest BCUT2D eigenvalue weighted by Crippen LogP contribution is -2.28. The summed E-state index contributed by atoms with van der Waals surface area (Å²) in [6.45, 7) is 9.07. The zero-order valence-corrected chi connectivity index (χ0v) is 14.2. The van der Waals surface area contributed by atoms with Crippen LogP contribution < -0.4 is 10.5 Å². The second-order valence-corrected chi connectivity index (χ2v) is 9.26. The topological polar surface area (TPSA) is 89.5 Å². The molecule has 0 radical (unpaired) electrons. The summed E-state index contributed by atoms with van der Waals surface area (Å²) in [4.78, 5) is 4.66. The summed E-state index contributed by atoms with van der Waals surface area (Å²) in [5.74, 6) is 0.357. The predicted octanol–water partition coefficient (Wildman–Crippen LogP) is 1.94. The van der Waals surface area contributed by atoms with E-state index in [0.29, 0.717) is 17.4 Å². The highest BCUT2D eigenvalue weighted by atomic mass is 32.2. The van der Waals surface area contributed by atoms with Crippen LogP contribution in [0.2, 0.25) is 0 Å². The third kappa shape index (κ3) is 2.00. The molecular weight excluding hydrogens is 308 g/mol. The summed E-state index contributed by atoms with van der Waals surface area (Å²) >= 11 is 1.35. The molecule has 2 heterocycles. The van der Waals surface area contributed by atoms with Crippen molar-refractivity contribution in [2.75, 3.05) is 12.3 Å². The van der Waals surface area contributed by atoms with Crippen molar-refractivity contribution < 1.29 is 8.42 Å². The van der Waals surface area contributed by atoms with Gasteiger partial charge in [0, 0.05) is 18.1 Å². The first kappa shape index (κ1) is 14.8. The third-order valence-electron chi connectivity index (χ3n) is 5.30. The summed E-state index contributed by atoms with van der Waals surface area (Å²) in [5, 5.41) is 1.82. The van der Waals surface area contributed by atoms with Gasteiger partial charge in [0.05, 0.1) is 0 Å². The molecule has 1 aliphatic rings. The lowest BCUT2D eigenvalue weighted by atomic mass is 10.0. The average molecular weight is 328 g/mol. The van der Waals surface area contributed by atoms with Crippen LogP contribution in [0.15, 0.2) is 16.6 Å². The van der Waals surface area contributed by atoms with Gasteiger partial charge in [-0.3, -0.25) is 4.40 Å². The number of thiazole rings is 1. The fourth-order valence-corrected chi connectivity index (χ4v) is 5.18. The Bertz CT molecular complexity index is 787. The van der Waals surface area contributed by atoms with E-state index in [-0.39, 0.29) is 21.7 Å². The molecule has 1 saturated carbocycles. The molecular formula is C13H20N4O2S2. The van der Waals surface area contributed by atoms with E-state index >= 15 is 0 Å². The number of imidazole rings is 1. The summed E-state index contributed by atoms with van der Waals surface area (Å²) in [6, 6.07) is 0. The van der Waals surface area contributed by atoms with Gasteiger partial charge in [-0.25, -0.2) is 18.1 Å². The maximum atomic E-state index is 12.5. The number of nitrogens with zero attached hydrogens (tertiary/aromatic N) is 2. The third-order valence-corrected chi connectivity index (χ3v) is 7.51. The molecule has 8 heteroatoms. The molecule has 0 aliphatic heterocycles. The van der Waals surface area contributed by atoms with Crippen molar-refractivity contribution in [1.29, 1.82) is 0 Å². The summed E-state index contributed by atoms with van der Waals surface area (Å²) in [6.07, 6.45) is 1.67. The minimum atomic E-state index is -3.67. The molecule has 3 rings (SSSR count). The molecule has 2 aromatic heterocycles. The maximum absolute atomic E-state index is 12.5. The number of aromatic nitrogens is 2. The lowest BCUT2D eigenvalue weighted by Gasteiger charge is -2.07. The van der Waals surface area contributed by atoms with Crippen molar-refractivity contribution in [3.05, 3.63) is 11.6 Å². The fourth-order valence-electron chi connectivity index (χ4n) is 3.15. The monoisotopic (exact) mass is 328 g/mol. The Morgan fingerprint density at radius 1 is 1.38 bits per heavy atom. The van der Waals surface area contributed by atoms with E-state index in [9.17, 15) is 8.42 Å². The van der Waals surface area contributed by atoms with Gasteiger partial charge < -0.3 is 5.73 Å². The zero-order valence-electron chi connectivity index (χ0n) is 12.5. The van der Waals surface area contributed by atoms with E-state index in [1.54, 1.807) is 11.6 Å². The molecule has 1 fully saturated rings. The van der Waals surface area contributed by atoms with Crippen molar-refractivity contribution in [2.24, 2.45) is 16.7 Å². The number of anilines is 1. The molecule has 6 nitrogen and oxygen atoms in total. The average Bonchev–Trinajstić information content (AvgIpc) is 2.74. The molecule has 2 aromatic rings. The number of nitrogens with one attached hydrogen (secondary N) is 1. The number of nitrogen functional groups attached to an aromatic ring is 1. The standard InChI is InChI=1S/C13H20N4O2S2/c1-12(2)8(13(12,3)4)7-15-21(18,19)10-9(14)16-11-17(10)5-6-20-11/h5-6,8,15H,7,14H2,1-4H3. The van der Waals surface area contributed by atoms with Crippen molar-refractivity contribution in [1.82, 2.24) is 14.1 Å². The van der Waals surface area contributed by atoms with Crippen molar-refractivity contribution in [2.45, 2.75) is 32.7 Å². The Morgan fingerprint density at radius 3 is 2.57 bits per heavy atom. The molecule has 0 atom stereocenters. The second kappa shape index (κ2) is 4.21. The lowest BCUT2D eigenvalue weighted by molar-refractivity contribution is 0.457. The number of hydrogen-bond acceptors (Lipinski definition) is 5. The van der Waals surface area contributed by atoms with Crippen LogP contribution in [0.1, 0.15) is 27.7 Å². The quantitative estimate of drug-likeness (QED) is 0.897. The molecule has 0 aromatic carbocycles. The van der Waals surface area contributed by atoms with E-state index in [2.05, 4.69) is 37.4 Å². The second-order valence-electron chi connectivity index (χ2n) is 6.71. The molecule has 116 valence electrons. The van der Waals surface area contributed by atoms with Gasteiger partial charge in [0.1, 0.15) is 0 Å². The molecule has 1 aliphatic carbocycles. The first-order valence-corrected chi connectivity index (χ1v) is 9.16. The van der Waals surface area contributed by atoms with Crippen LogP contribution in [0.25, 0.3) is 4.96 Å². The Labute approximate surface area is 128 Å². The van der Waals surface area contributed by atoms with Crippen molar-refractivity contribution in [3.63, 3.8) is 0 Å². The van der Waals surface area contributed by atoms with Crippen LogP contribution in [0, 0.1) is 16.7 Å². The van der Waals surface area contributed by atoms with Gasteiger partial charge in [0.25, 0.3) is 10.0 Å². The maximum Gasteiger partial charge on any atom is 0.260 e. The van der Waals surface area contributed by atoms with Gasteiger partial charge in [0.15, 0.2) is 15.8 Å². The number of hydrogen-bond donors (Lipinski definition) is 2. The Morgan fingerprint density at radius 2 is 2.00 bits per heavy atom. The van der Waals surface area contributed by atoms with E-state index in [4.69, 9.17) is 5.73 Å². The first-order chi connectivity index (χ1) is 9.59. The number of nitrogens with two attached hydrogens (primary N) is 1. The van der Waals surface area contributed by atoms with E-state index in [0.717, 1.165) is 0 Å². The smallest absolute Gasteiger partial charge is 0.260 e. The van der Waals surface area contributed by atoms with Gasteiger partial charge in [-0.1, -0.05) is 27.7 Å². The van der Waals surface area contributed by atoms with Gasteiger partial charge in [-0.05, 0) is 16.7 Å². The molecule has 0 unspecified atom stereocenters. The SMILES string of the molecule is CC1(C)C(CNS(=O)(=O)c2c(N)nc3sccn23)C1(C)C. The van der Waals surface area contributed by atoms with Crippen LogP contribution in [-0.4, -0.2) is 24.3 Å². The summed E-state index contributed by atoms with van der Waals surface area (Å²) in [7, 11) is -3.67. The van der Waals surface area contributed by atoms with Crippen LogP contribution in [0.3, 0.4) is 0 Å². The van der Waals surface area contributed by atoms with Crippen LogP contribution in [0.5, 0.6) is 0 Å². The van der Waals surface area contributed by atoms with E-state index in [1.165, 1.54) is 15.7 Å². The van der Waals surface area contributed by atoms with Crippen LogP contribution >= 0.6 is 11.3 Å². The largest absolute Gasteiger partial charge is 0.381 e. The summed E-state index contributed by atoms with van der Waals surface area (Å²) < 4.78 is 29.3. The molecule has 0 bridgehead atoms. The molecule has 0 spiro atoms. The Kier molecular flexibility index (Phi) is 2.96. The molecule has 21 heavy (non-hydrogen) atoms. The first-order valence-electron chi connectivity index (χ1n) is 6.80. The molecule has 0 saturated heterocycles. The number of rotatable bonds is 4. The van der Waals surface area contributed by atoms with E-state index < -0.39 is 10.0 Å². The highest BCUT2D eigenvalue weighted by molar-refractivity contribution is 7.89. The highest BCUT2D eigenvalue weighted by Gasteiger charge is 2.64. The van der Waals surface area contributed by atoms with E-state index in [1.807, 2.05) is 0 Å². The van der Waals surface area contributed by atoms with Crippen LogP contribution in [0.4, 0.5) is 5.82 Å².